The molecule has 0 radical (unpaired) electrons. The lowest BCUT2D eigenvalue weighted by Crippen LogP contribution is -1.91. The number of anilines is 1. The van der Waals surface area contributed by atoms with E-state index in [1.165, 1.54) is 0 Å². The maximum Gasteiger partial charge on any atom is 0.180 e. The number of imidazole rings is 1. The molecule has 0 amide bonds. The van der Waals surface area contributed by atoms with Gasteiger partial charge in [0.2, 0.25) is 0 Å². The Balaban J connectivity index is 2.17. The quantitative estimate of drug-likeness (QED) is 0.699. The largest absolute Gasteiger partial charge is 0.373 e. The highest BCUT2D eigenvalue weighted by Crippen LogP contribution is 2.30. The monoisotopic (exact) mass is 380 g/mol. The molecule has 96 valence electrons. The number of hydrogen-bond acceptors (Lipinski definition) is 3. The topological polar surface area (TPSA) is 53.6 Å². The molecular weight excluding hydrogens is 372 g/mol. The lowest BCUT2D eigenvalue weighted by Gasteiger charge is -2.00. The summed E-state index contributed by atoms with van der Waals surface area (Å²) in [7, 11) is 1.84. The van der Waals surface area contributed by atoms with Gasteiger partial charge < -0.3 is 10.3 Å². The van der Waals surface area contributed by atoms with Gasteiger partial charge in [-0.15, -0.1) is 0 Å². The Morgan fingerprint density at radius 1 is 1.11 bits per heavy atom. The highest BCUT2D eigenvalue weighted by molar-refractivity contribution is 9.11. The zero-order chi connectivity index (χ0) is 13.4. The lowest BCUT2D eigenvalue weighted by molar-refractivity contribution is 1.28. The molecular formula is C13H10Br2N4. The van der Waals surface area contributed by atoms with Crippen molar-refractivity contribution in [2.45, 2.75) is 0 Å². The molecule has 2 aromatic heterocycles. The second-order valence-corrected chi connectivity index (χ2v) is 5.80. The predicted octanol–water partition coefficient (Wildman–Crippen LogP) is 4.19. The summed E-state index contributed by atoms with van der Waals surface area (Å²) >= 11 is 7.01. The molecule has 1 aromatic carbocycles. The van der Waals surface area contributed by atoms with Crippen LogP contribution in [0, 0.1) is 0 Å². The van der Waals surface area contributed by atoms with E-state index < -0.39 is 0 Å². The minimum absolute atomic E-state index is 0.703. The van der Waals surface area contributed by atoms with E-state index in [-0.39, 0.29) is 0 Å². The Hall–Kier alpha value is -1.40. The highest BCUT2D eigenvalue weighted by Gasteiger charge is 2.10. The summed E-state index contributed by atoms with van der Waals surface area (Å²) in [5.74, 6) is 1.60. The van der Waals surface area contributed by atoms with Crippen molar-refractivity contribution in [3.8, 4) is 11.4 Å². The molecule has 0 saturated heterocycles. The van der Waals surface area contributed by atoms with Crippen molar-refractivity contribution in [2.24, 2.45) is 0 Å². The molecule has 0 spiro atoms. The van der Waals surface area contributed by atoms with E-state index in [0.717, 1.165) is 31.7 Å². The van der Waals surface area contributed by atoms with Gasteiger partial charge in [-0.05, 0) is 30.3 Å². The summed E-state index contributed by atoms with van der Waals surface area (Å²) in [5, 5.41) is 3.01. The smallest absolute Gasteiger partial charge is 0.180 e. The molecule has 3 rings (SSSR count). The maximum absolute atomic E-state index is 4.54. The number of fused-ring (bicyclic) bond motifs is 1. The second kappa shape index (κ2) is 4.94. The number of hydrogen-bond donors (Lipinski definition) is 2. The lowest BCUT2D eigenvalue weighted by atomic mass is 10.2. The van der Waals surface area contributed by atoms with E-state index >= 15 is 0 Å². The van der Waals surface area contributed by atoms with Crippen molar-refractivity contribution < 1.29 is 0 Å². The molecule has 0 bridgehead atoms. The van der Waals surface area contributed by atoms with Crippen molar-refractivity contribution in [1.82, 2.24) is 15.0 Å². The number of nitrogens with zero attached hydrogens (tertiary/aromatic N) is 2. The average Bonchev–Trinajstić information content (AvgIpc) is 2.83. The van der Waals surface area contributed by atoms with Crippen LogP contribution >= 0.6 is 31.9 Å². The van der Waals surface area contributed by atoms with E-state index in [1.807, 2.05) is 37.4 Å². The van der Waals surface area contributed by atoms with Gasteiger partial charge in [-0.3, -0.25) is 0 Å². The number of aromatic amines is 1. The van der Waals surface area contributed by atoms with Gasteiger partial charge in [0.1, 0.15) is 11.6 Å². The van der Waals surface area contributed by atoms with E-state index in [9.17, 15) is 0 Å². The minimum Gasteiger partial charge on any atom is -0.373 e. The van der Waals surface area contributed by atoms with Crippen molar-refractivity contribution in [3.05, 3.63) is 39.3 Å². The standard InChI is InChI=1S/C13H10Br2N4/c1-16-11-5-4-10-13(18-11)19-12(17-10)8-6-7(14)2-3-9(8)15/h2-6H,1H3,(H2,16,17,18,19). The van der Waals surface area contributed by atoms with Crippen LogP contribution in [-0.2, 0) is 0 Å². The third-order valence-corrected chi connectivity index (χ3v) is 3.97. The fraction of sp³-hybridized carbons (Fsp3) is 0.0769. The Bertz CT molecular complexity index is 751. The number of benzene rings is 1. The summed E-state index contributed by atoms with van der Waals surface area (Å²) in [6, 6.07) is 9.87. The Morgan fingerprint density at radius 3 is 2.74 bits per heavy atom. The normalized spacial score (nSPS) is 10.9. The summed E-state index contributed by atoms with van der Waals surface area (Å²) in [4.78, 5) is 12.2. The first-order valence-corrected chi connectivity index (χ1v) is 7.26. The third-order valence-electron chi connectivity index (χ3n) is 2.79. The van der Waals surface area contributed by atoms with Gasteiger partial charge in [-0.1, -0.05) is 31.9 Å². The van der Waals surface area contributed by atoms with Crippen LogP contribution in [0.4, 0.5) is 5.82 Å². The van der Waals surface area contributed by atoms with Crippen molar-refractivity contribution in [1.29, 1.82) is 0 Å². The van der Waals surface area contributed by atoms with Crippen LogP contribution < -0.4 is 5.32 Å². The first kappa shape index (κ1) is 12.6. The molecule has 0 unspecified atom stereocenters. The van der Waals surface area contributed by atoms with Crippen LogP contribution in [0.15, 0.2) is 39.3 Å². The first-order chi connectivity index (χ1) is 9.17. The molecule has 2 heterocycles. The number of halogens is 2. The van der Waals surface area contributed by atoms with E-state index in [1.54, 1.807) is 0 Å². The Labute approximate surface area is 126 Å². The molecule has 0 aliphatic carbocycles. The number of H-pyrrole nitrogens is 1. The van der Waals surface area contributed by atoms with Crippen molar-refractivity contribution in [2.75, 3.05) is 12.4 Å². The van der Waals surface area contributed by atoms with Crippen LogP contribution in [0.25, 0.3) is 22.6 Å². The van der Waals surface area contributed by atoms with Gasteiger partial charge in [0, 0.05) is 21.6 Å². The Kier molecular flexibility index (Phi) is 3.28. The van der Waals surface area contributed by atoms with Crippen molar-refractivity contribution in [3.63, 3.8) is 0 Å². The van der Waals surface area contributed by atoms with Gasteiger partial charge in [0.25, 0.3) is 0 Å². The molecule has 2 N–H and O–H groups in total. The fourth-order valence-corrected chi connectivity index (χ4v) is 2.63. The number of rotatable bonds is 2. The number of aromatic nitrogens is 3. The second-order valence-electron chi connectivity index (χ2n) is 4.03. The predicted molar refractivity (Wildman–Crippen MR) is 84.3 cm³/mol. The van der Waals surface area contributed by atoms with Crippen LogP contribution in [0.3, 0.4) is 0 Å². The summed E-state index contributed by atoms with van der Waals surface area (Å²) in [6.07, 6.45) is 0. The number of nitrogens with one attached hydrogen (secondary N) is 2. The summed E-state index contributed by atoms with van der Waals surface area (Å²) < 4.78 is 2.00. The summed E-state index contributed by atoms with van der Waals surface area (Å²) in [5.41, 5.74) is 2.62. The molecule has 6 heteroatoms. The SMILES string of the molecule is CNc1ccc2[nH]c(-c3cc(Br)ccc3Br)nc2n1. The van der Waals surface area contributed by atoms with E-state index in [0.29, 0.717) is 5.65 Å². The van der Waals surface area contributed by atoms with E-state index in [2.05, 4.69) is 52.1 Å². The molecule has 19 heavy (non-hydrogen) atoms. The van der Waals surface area contributed by atoms with Crippen LogP contribution in [0.2, 0.25) is 0 Å². The third kappa shape index (κ3) is 2.37. The minimum atomic E-state index is 0.703. The molecule has 0 saturated carbocycles. The zero-order valence-corrected chi connectivity index (χ0v) is 13.2. The average molecular weight is 382 g/mol. The molecule has 0 fully saturated rings. The molecule has 3 aromatic rings. The van der Waals surface area contributed by atoms with Crippen LogP contribution in [-0.4, -0.2) is 22.0 Å². The molecule has 0 atom stereocenters. The molecule has 4 nitrogen and oxygen atoms in total. The molecule has 0 aliphatic rings. The van der Waals surface area contributed by atoms with Crippen LogP contribution in [0.5, 0.6) is 0 Å². The number of pyridine rings is 1. The van der Waals surface area contributed by atoms with Crippen molar-refractivity contribution >= 4 is 48.8 Å². The van der Waals surface area contributed by atoms with E-state index in [4.69, 9.17) is 0 Å². The van der Waals surface area contributed by atoms with Gasteiger partial charge in [-0.2, -0.15) is 0 Å². The van der Waals surface area contributed by atoms with Gasteiger partial charge >= 0.3 is 0 Å². The maximum atomic E-state index is 4.54. The first-order valence-electron chi connectivity index (χ1n) is 5.67. The fourth-order valence-electron chi connectivity index (χ4n) is 1.84. The zero-order valence-electron chi connectivity index (χ0n) is 10.0. The summed E-state index contributed by atoms with van der Waals surface area (Å²) in [6.45, 7) is 0. The molecule has 0 aliphatic heterocycles. The highest BCUT2D eigenvalue weighted by atomic mass is 79.9. The van der Waals surface area contributed by atoms with Crippen LogP contribution in [0.1, 0.15) is 0 Å². The Morgan fingerprint density at radius 2 is 1.95 bits per heavy atom. The van der Waals surface area contributed by atoms with Gasteiger partial charge in [0.15, 0.2) is 5.65 Å². The van der Waals surface area contributed by atoms with Gasteiger partial charge in [0.05, 0.1) is 5.52 Å². The van der Waals surface area contributed by atoms with Gasteiger partial charge in [-0.25, -0.2) is 9.97 Å².